The van der Waals surface area contributed by atoms with Gasteiger partial charge >= 0.3 is 5.97 Å². The number of benzene rings is 2. The van der Waals surface area contributed by atoms with Gasteiger partial charge in [0.05, 0.1) is 5.56 Å². The number of esters is 1. The van der Waals surface area contributed by atoms with Gasteiger partial charge in [0.1, 0.15) is 0 Å². The maximum atomic E-state index is 12.5. The highest BCUT2D eigenvalue weighted by atomic mass is 16.7. The van der Waals surface area contributed by atoms with Crippen LogP contribution in [0.1, 0.15) is 22.8 Å². The van der Waals surface area contributed by atoms with E-state index in [4.69, 9.17) is 14.2 Å². The van der Waals surface area contributed by atoms with E-state index in [0.29, 0.717) is 35.8 Å². The summed E-state index contributed by atoms with van der Waals surface area (Å²) in [5, 5.41) is 2.93. The summed E-state index contributed by atoms with van der Waals surface area (Å²) in [6.07, 6.45) is 0. The number of para-hydroxylation sites is 1. The fourth-order valence-electron chi connectivity index (χ4n) is 2.81. The lowest BCUT2D eigenvalue weighted by molar-refractivity contribution is -0.134. The number of hydrogen-bond acceptors (Lipinski definition) is 6. The van der Waals surface area contributed by atoms with Crippen molar-refractivity contribution in [2.45, 2.75) is 13.5 Å². The van der Waals surface area contributed by atoms with Gasteiger partial charge in [-0.15, -0.1) is 0 Å². The highest BCUT2D eigenvalue weighted by molar-refractivity contribution is 5.96. The van der Waals surface area contributed by atoms with Crippen molar-refractivity contribution in [3.8, 4) is 11.5 Å². The Morgan fingerprint density at radius 1 is 1.15 bits per heavy atom. The van der Waals surface area contributed by atoms with Crippen LogP contribution in [0, 0.1) is 0 Å². The van der Waals surface area contributed by atoms with Gasteiger partial charge in [-0.2, -0.15) is 0 Å². The van der Waals surface area contributed by atoms with Crippen molar-refractivity contribution in [1.29, 1.82) is 0 Å². The van der Waals surface area contributed by atoms with Crippen LogP contribution in [0.3, 0.4) is 0 Å². The molecule has 0 aromatic heterocycles. The highest BCUT2D eigenvalue weighted by Gasteiger charge is 2.19. The summed E-state index contributed by atoms with van der Waals surface area (Å²) in [5.41, 5.74) is 1.97. The first-order valence-electron chi connectivity index (χ1n) is 8.72. The van der Waals surface area contributed by atoms with Crippen molar-refractivity contribution in [1.82, 2.24) is 4.90 Å². The third-order valence-electron chi connectivity index (χ3n) is 4.29. The van der Waals surface area contributed by atoms with E-state index in [2.05, 4.69) is 5.32 Å². The monoisotopic (exact) mass is 370 g/mol. The van der Waals surface area contributed by atoms with Gasteiger partial charge in [-0.1, -0.05) is 18.2 Å². The highest BCUT2D eigenvalue weighted by Crippen LogP contribution is 2.32. The number of likely N-dealkylation sites (N-methyl/N-ethyl adjacent to an activating group) is 1. The van der Waals surface area contributed by atoms with E-state index in [1.54, 1.807) is 30.1 Å². The Hall–Kier alpha value is -3.22. The molecule has 1 aliphatic rings. The van der Waals surface area contributed by atoms with E-state index in [0.717, 1.165) is 5.56 Å². The van der Waals surface area contributed by atoms with Crippen LogP contribution in [0.2, 0.25) is 0 Å². The molecule has 7 nitrogen and oxygen atoms in total. The second-order valence-electron chi connectivity index (χ2n) is 5.97. The van der Waals surface area contributed by atoms with E-state index in [1.807, 2.05) is 31.2 Å². The van der Waals surface area contributed by atoms with E-state index >= 15 is 0 Å². The minimum Gasteiger partial charge on any atom is -0.454 e. The first-order valence-corrected chi connectivity index (χ1v) is 8.72. The van der Waals surface area contributed by atoms with Gasteiger partial charge in [0.15, 0.2) is 18.1 Å². The van der Waals surface area contributed by atoms with E-state index in [9.17, 15) is 9.59 Å². The lowest BCUT2D eigenvalue weighted by atomic mass is 10.2. The number of carbonyl (C=O) groups excluding carboxylic acids is 2. The van der Waals surface area contributed by atoms with Crippen LogP contribution in [0.5, 0.6) is 11.5 Å². The van der Waals surface area contributed by atoms with Crippen LogP contribution in [-0.2, 0) is 16.1 Å². The summed E-state index contributed by atoms with van der Waals surface area (Å²) < 4.78 is 15.9. The fraction of sp³-hybridized carbons (Fsp3) is 0.300. The average Bonchev–Trinajstić information content (AvgIpc) is 3.17. The Balaban J connectivity index is 1.59. The number of nitrogens with zero attached hydrogens (tertiary/aromatic N) is 1. The van der Waals surface area contributed by atoms with Crippen LogP contribution in [0.15, 0.2) is 42.5 Å². The Bertz CT molecular complexity index is 837. The van der Waals surface area contributed by atoms with Crippen LogP contribution in [0.4, 0.5) is 5.69 Å². The van der Waals surface area contributed by atoms with Crippen molar-refractivity contribution in [2.24, 2.45) is 0 Å². The van der Waals surface area contributed by atoms with Crippen molar-refractivity contribution in [3.05, 3.63) is 53.6 Å². The minimum atomic E-state index is -0.535. The zero-order chi connectivity index (χ0) is 19.2. The Kier molecular flexibility index (Phi) is 5.80. The molecule has 0 radical (unpaired) electrons. The molecule has 0 saturated carbocycles. The van der Waals surface area contributed by atoms with Gasteiger partial charge in [0.25, 0.3) is 5.91 Å². The molecule has 2 aromatic rings. The molecule has 0 saturated heterocycles. The number of anilines is 1. The van der Waals surface area contributed by atoms with Gasteiger partial charge in [-0.05, 0) is 36.8 Å². The fourth-order valence-corrected chi connectivity index (χ4v) is 2.81. The lowest BCUT2D eigenvalue weighted by Gasteiger charge is -2.21. The molecule has 27 heavy (non-hydrogen) atoms. The first-order chi connectivity index (χ1) is 13.1. The van der Waals surface area contributed by atoms with E-state index < -0.39 is 5.97 Å². The van der Waals surface area contributed by atoms with Gasteiger partial charge in [0, 0.05) is 25.8 Å². The van der Waals surface area contributed by atoms with Crippen LogP contribution < -0.4 is 14.8 Å². The molecule has 1 amide bonds. The molecule has 2 aromatic carbocycles. The van der Waals surface area contributed by atoms with Crippen LogP contribution in [0.25, 0.3) is 0 Å². The topological polar surface area (TPSA) is 77.1 Å². The third-order valence-corrected chi connectivity index (χ3v) is 4.29. The van der Waals surface area contributed by atoms with Crippen molar-refractivity contribution in [3.63, 3.8) is 0 Å². The number of hydrogen-bond donors (Lipinski definition) is 1. The summed E-state index contributed by atoms with van der Waals surface area (Å²) in [4.78, 5) is 26.4. The lowest BCUT2D eigenvalue weighted by Crippen LogP contribution is -2.34. The second-order valence-corrected chi connectivity index (χ2v) is 5.97. The summed E-state index contributed by atoms with van der Waals surface area (Å²) in [6.45, 7) is 2.67. The molecule has 0 fully saturated rings. The quantitative estimate of drug-likeness (QED) is 0.755. The summed E-state index contributed by atoms with van der Waals surface area (Å²) in [5.74, 6) is 0.578. The summed E-state index contributed by atoms with van der Waals surface area (Å²) >= 11 is 0. The Labute approximate surface area is 157 Å². The standard InChI is InChI=1S/C20H22N2O5/c1-3-22(11-14-8-9-17-18(10-14)27-13-26-17)19(23)12-25-20(24)15-6-4-5-7-16(15)21-2/h4-10,21H,3,11-13H2,1-2H3. The predicted molar refractivity (Wildman–Crippen MR) is 99.9 cm³/mol. The number of carbonyl (C=O) groups is 2. The normalized spacial score (nSPS) is 11.8. The Morgan fingerprint density at radius 3 is 2.70 bits per heavy atom. The summed E-state index contributed by atoms with van der Waals surface area (Å²) in [6, 6.07) is 12.6. The van der Waals surface area contributed by atoms with Crippen LogP contribution >= 0.6 is 0 Å². The number of nitrogens with one attached hydrogen (secondary N) is 1. The Morgan fingerprint density at radius 2 is 1.93 bits per heavy atom. The molecule has 3 rings (SSSR count). The van der Waals surface area contributed by atoms with Gasteiger partial charge < -0.3 is 24.4 Å². The third kappa shape index (κ3) is 4.31. The molecule has 1 aliphatic heterocycles. The van der Waals surface area contributed by atoms with Crippen molar-refractivity contribution in [2.75, 3.05) is 32.3 Å². The number of fused-ring (bicyclic) bond motifs is 1. The van der Waals surface area contributed by atoms with Gasteiger partial charge in [-0.3, -0.25) is 4.79 Å². The summed E-state index contributed by atoms with van der Waals surface area (Å²) in [7, 11) is 1.72. The maximum absolute atomic E-state index is 12.5. The smallest absolute Gasteiger partial charge is 0.340 e. The number of amides is 1. The van der Waals surface area contributed by atoms with E-state index in [1.165, 1.54) is 0 Å². The molecule has 0 atom stereocenters. The SMILES string of the molecule is CCN(Cc1ccc2c(c1)OCO2)C(=O)COC(=O)c1ccccc1NC. The van der Waals surface area contributed by atoms with E-state index in [-0.39, 0.29) is 19.3 Å². The number of rotatable bonds is 7. The maximum Gasteiger partial charge on any atom is 0.340 e. The molecule has 0 aliphatic carbocycles. The van der Waals surface area contributed by atoms with Crippen molar-refractivity contribution >= 4 is 17.6 Å². The molecule has 7 heteroatoms. The predicted octanol–water partition coefficient (Wildman–Crippen LogP) is 2.66. The molecular formula is C20H22N2O5. The zero-order valence-corrected chi connectivity index (χ0v) is 15.4. The molecular weight excluding hydrogens is 348 g/mol. The molecule has 0 spiro atoms. The molecule has 0 unspecified atom stereocenters. The average molecular weight is 370 g/mol. The molecule has 0 bridgehead atoms. The second kappa shape index (κ2) is 8.44. The van der Waals surface area contributed by atoms with Crippen molar-refractivity contribution < 1.29 is 23.8 Å². The zero-order valence-electron chi connectivity index (χ0n) is 15.4. The van der Waals surface area contributed by atoms with Gasteiger partial charge in [-0.25, -0.2) is 4.79 Å². The minimum absolute atomic E-state index is 0.208. The number of ether oxygens (including phenoxy) is 3. The molecule has 1 N–H and O–H groups in total. The largest absolute Gasteiger partial charge is 0.454 e. The molecule has 1 heterocycles. The van der Waals surface area contributed by atoms with Gasteiger partial charge in [0.2, 0.25) is 6.79 Å². The molecule has 142 valence electrons. The van der Waals surface area contributed by atoms with Crippen LogP contribution in [-0.4, -0.2) is 43.8 Å². The first kappa shape index (κ1) is 18.6.